The molecule has 1 atom stereocenters. The number of amides is 1. The quantitative estimate of drug-likeness (QED) is 0.472. The lowest BCUT2D eigenvalue weighted by molar-refractivity contribution is -0.147. The molecule has 2 heterocycles. The normalized spacial score (nSPS) is 15.2. The molecule has 1 aromatic carbocycles. The molecule has 2 aromatic rings. The highest BCUT2D eigenvalue weighted by Crippen LogP contribution is 2.18. The zero-order valence-electron chi connectivity index (χ0n) is 17.3. The second-order valence-corrected chi connectivity index (χ2v) is 8.05. The van der Waals surface area contributed by atoms with Crippen molar-refractivity contribution >= 4 is 35.1 Å². The molecular formula is C22H25Cl2N3O4. The minimum absolute atomic E-state index is 0.202. The number of aromatic nitrogens is 1. The molecule has 1 amide bonds. The minimum atomic E-state index is -0.476. The van der Waals surface area contributed by atoms with Crippen LogP contribution in [0.4, 0.5) is 0 Å². The standard InChI is InChI=1S/C22H25Cl2N3O4/c1-30-22(29)18(27-9-3-2-4-10-27)13-25-21(28)16-5-7-17(8-6-16)31-14-15-11-19(23)26-20(24)12-15/h5-8,11-12,18H,2-4,9-10,13-14H2,1H3,(H,25,28). The van der Waals surface area contributed by atoms with Gasteiger partial charge in [-0.3, -0.25) is 14.5 Å². The highest BCUT2D eigenvalue weighted by molar-refractivity contribution is 6.32. The number of likely N-dealkylation sites (tertiary alicyclic amines) is 1. The van der Waals surface area contributed by atoms with E-state index in [2.05, 4.69) is 15.2 Å². The SMILES string of the molecule is COC(=O)C(CNC(=O)c1ccc(OCc2cc(Cl)nc(Cl)c2)cc1)N1CCCCC1. The Kier molecular flexibility index (Phi) is 8.51. The molecule has 166 valence electrons. The minimum Gasteiger partial charge on any atom is -0.489 e. The van der Waals surface area contributed by atoms with Crippen molar-refractivity contribution in [3.63, 3.8) is 0 Å². The molecule has 1 saturated heterocycles. The number of nitrogens with zero attached hydrogens (tertiary/aromatic N) is 2. The van der Waals surface area contributed by atoms with Gasteiger partial charge in [0, 0.05) is 12.1 Å². The Labute approximate surface area is 191 Å². The van der Waals surface area contributed by atoms with E-state index in [0.29, 0.717) is 21.6 Å². The molecule has 0 bridgehead atoms. The topological polar surface area (TPSA) is 80.8 Å². The van der Waals surface area contributed by atoms with Gasteiger partial charge in [0.1, 0.15) is 28.7 Å². The van der Waals surface area contributed by atoms with Gasteiger partial charge in [0.2, 0.25) is 0 Å². The summed E-state index contributed by atoms with van der Waals surface area (Å²) in [5, 5.41) is 3.44. The van der Waals surface area contributed by atoms with Gasteiger partial charge < -0.3 is 14.8 Å². The van der Waals surface area contributed by atoms with Crippen LogP contribution in [0.15, 0.2) is 36.4 Å². The van der Waals surface area contributed by atoms with Crippen molar-refractivity contribution in [1.82, 2.24) is 15.2 Å². The number of rotatable bonds is 8. The van der Waals surface area contributed by atoms with E-state index in [1.165, 1.54) is 7.11 Å². The van der Waals surface area contributed by atoms with Gasteiger partial charge >= 0.3 is 5.97 Å². The average molecular weight is 466 g/mol. The van der Waals surface area contributed by atoms with E-state index in [9.17, 15) is 9.59 Å². The third-order valence-electron chi connectivity index (χ3n) is 5.11. The summed E-state index contributed by atoms with van der Waals surface area (Å²) in [5.41, 5.74) is 1.27. The van der Waals surface area contributed by atoms with Crippen LogP contribution >= 0.6 is 23.2 Å². The van der Waals surface area contributed by atoms with E-state index >= 15 is 0 Å². The second kappa shape index (κ2) is 11.3. The van der Waals surface area contributed by atoms with Crippen molar-refractivity contribution in [2.24, 2.45) is 0 Å². The molecule has 0 spiro atoms. The molecule has 1 unspecified atom stereocenters. The lowest BCUT2D eigenvalue weighted by atomic mass is 10.1. The predicted molar refractivity (Wildman–Crippen MR) is 119 cm³/mol. The van der Waals surface area contributed by atoms with Crippen LogP contribution in [0.2, 0.25) is 10.3 Å². The summed E-state index contributed by atoms with van der Waals surface area (Å²) >= 11 is 11.8. The Morgan fingerprint density at radius 1 is 1.10 bits per heavy atom. The maximum Gasteiger partial charge on any atom is 0.324 e. The van der Waals surface area contributed by atoms with Crippen molar-refractivity contribution in [3.8, 4) is 5.75 Å². The summed E-state index contributed by atoms with van der Waals surface area (Å²) in [6, 6.07) is 9.64. The number of hydrogen-bond acceptors (Lipinski definition) is 6. The molecule has 1 aromatic heterocycles. The summed E-state index contributed by atoms with van der Waals surface area (Å²) in [6.07, 6.45) is 3.24. The molecule has 1 aliphatic heterocycles. The zero-order valence-corrected chi connectivity index (χ0v) is 18.8. The van der Waals surface area contributed by atoms with Gasteiger partial charge in [-0.1, -0.05) is 29.6 Å². The molecule has 0 radical (unpaired) electrons. The lowest BCUT2D eigenvalue weighted by Crippen LogP contribution is -2.50. The Balaban J connectivity index is 1.54. The molecule has 1 N–H and O–H groups in total. The van der Waals surface area contributed by atoms with Crippen LogP contribution in [0.1, 0.15) is 35.2 Å². The van der Waals surface area contributed by atoms with Gasteiger partial charge in [0.15, 0.2) is 0 Å². The highest BCUT2D eigenvalue weighted by atomic mass is 35.5. The number of carbonyl (C=O) groups excluding carboxylic acids is 2. The van der Waals surface area contributed by atoms with Crippen LogP contribution in [0.25, 0.3) is 0 Å². The van der Waals surface area contributed by atoms with Crippen LogP contribution in [0.3, 0.4) is 0 Å². The smallest absolute Gasteiger partial charge is 0.324 e. The first kappa shape index (κ1) is 23.3. The molecule has 7 nitrogen and oxygen atoms in total. The molecular weight excluding hydrogens is 441 g/mol. The van der Waals surface area contributed by atoms with Gasteiger partial charge in [-0.25, -0.2) is 4.98 Å². The molecule has 1 aliphatic rings. The number of carbonyl (C=O) groups is 2. The number of benzene rings is 1. The summed E-state index contributed by atoms with van der Waals surface area (Å²) in [5.74, 6) is 0.00814. The van der Waals surface area contributed by atoms with E-state index in [4.69, 9.17) is 32.7 Å². The van der Waals surface area contributed by atoms with Gasteiger partial charge in [-0.15, -0.1) is 0 Å². The van der Waals surface area contributed by atoms with Crippen molar-refractivity contribution in [1.29, 1.82) is 0 Å². The third kappa shape index (κ3) is 6.82. The largest absolute Gasteiger partial charge is 0.489 e. The van der Waals surface area contributed by atoms with Gasteiger partial charge in [-0.05, 0) is 67.9 Å². The predicted octanol–water partition coefficient (Wildman–Crippen LogP) is 3.72. The first-order valence-electron chi connectivity index (χ1n) is 10.1. The Morgan fingerprint density at radius 3 is 2.35 bits per heavy atom. The fourth-order valence-electron chi connectivity index (χ4n) is 3.49. The first-order chi connectivity index (χ1) is 15.0. The van der Waals surface area contributed by atoms with Crippen LogP contribution in [-0.2, 0) is 16.1 Å². The number of halogens is 2. The number of methoxy groups -OCH3 is 1. The van der Waals surface area contributed by atoms with Crippen LogP contribution < -0.4 is 10.1 Å². The van der Waals surface area contributed by atoms with E-state index in [1.54, 1.807) is 36.4 Å². The fraction of sp³-hybridized carbons (Fsp3) is 0.409. The van der Waals surface area contributed by atoms with Gasteiger partial charge in [0.25, 0.3) is 5.91 Å². The highest BCUT2D eigenvalue weighted by Gasteiger charge is 2.28. The van der Waals surface area contributed by atoms with Crippen LogP contribution in [-0.4, -0.2) is 54.5 Å². The second-order valence-electron chi connectivity index (χ2n) is 7.28. The summed E-state index contributed by atoms with van der Waals surface area (Å²) in [4.78, 5) is 30.7. The third-order valence-corrected chi connectivity index (χ3v) is 5.49. The summed E-state index contributed by atoms with van der Waals surface area (Å²) in [7, 11) is 1.37. The number of hydrogen-bond donors (Lipinski definition) is 1. The van der Waals surface area contributed by atoms with Gasteiger partial charge in [0.05, 0.1) is 7.11 Å². The van der Waals surface area contributed by atoms with Crippen LogP contribution in [0, 0.1) is 0 Å². The van der Waals surface area contributed by atoms with E-state index < -0.39 is 6.04 Å². The maximum absolute atomic E-state index is 12.5. The molecule has 0 aliphatic carbocycles. The molecule has 31 heavy (non-hydrogen) atoms. The molecule has 1 fully saturated rings. The lowest BCUT2D eigenvalue weighted by Gasteiger charge is -2.32. The number of piperidine rings is 1. The number of pyridine rings is 1. The first-order valence-corrected chi connectivity index (χ1v) is 10.9. The monoisotopic (exact) mass is 465 g/mol. The molecule has 9 heteroatoms. The van der Waals surface area contributed by atoms with Crippen molar-refractivity contribution < 1.29 is 19.1 Å². The average Bonchev–Trinajstić information content (AvgIpc) is 2.78. The van der Waals surface area contributed by atoms with Crippen LogP contribution in [0.5, 0.6) is 5.75 Å². The van der Waals surface area contributed by atoms with E-state index in [1.807, 2.05) is 0 Å². The Morgan fingerprint density at radius 2 is 1.74 bits per heavy atom. The maximum atomic E-state index is 12.5. The van der Waals surface area contributed by atoms with Gasteiger partial charge in [-0.2, -0.15) is 0 Å². The molecule has 0 saturated carbocycles. The van der Waals surface area contributed by atoms with Crippen molar-refractivity contribution in [3.05, 3.63) is 57.8 Å². The van der Waals surface area contributed by atoms with E-state index in [0.717, 1.165) is 37.9 Å². The number of ether oxygens (including phenoxy) is 2. The number of esters is 1. The molecule has 3 rings (SSSR count). The zero-order chi connectivity index (χ0) is 22.2. The Bertz CT molecular complexity index is 882. The van der Waals surface area contributed by atoms with Crippen molar-refractivity contribution in [2.75, 3.05) is 26.7 Å². The summed E-state index contributed by atoms with van der Waals surface area (Å²) < 4.78 is 10.6. The fourth-order valence-corrected chi connectivity index (χ4v) is 3.99. The Hall–Kier alpha value is -2.35. The summed E-state index contributed by atoms with van der Waals surface area (Å²) in [6.45, 7) is 2.13. The van der Waals surface area contributed by atoms with E-state index in [-0.39, 0.29) is 25.0 Å². The number of nitrogens with one attached hydrogen (secondary N) is 1. The van der Waals surface area contributed by atoms with Crippen molar-refractivity contribution in [2.45, 2.75) is 31.9 Å².